The monoisotopic (exact) mass is 218 g/mol. The van der Waals surface area contributed by atoms with Crippen molar-refractivity contribution in [3.63, 3.8) is 0 Å². The molecule has 0 radical (unpaired) electrons. The maximum atomic E-state index is 4.26. The second-order valence-electron chi connectivity index (χ2n) is 3.70. The van der Waals surface area contributed by atoms with Crippen LogP contribution in [0.25, 0.3) is 5.82 Å². The van der Waals surface area contributed by atoms with E-state index in [1.54, 1.807) is 11.0 Å². The predicted octanol–water partition coefficient (Wildman–Crippen LogP) is 1.22. The Morgan fingerprint density at radius 2 is 2.06 bits per heavy atom. The molecule has 0 saturated carbocycles. The van der Waals surface area contributed by atoms with Gasteiger partial charge in [0.1, 0.15) is 24.8 Å². The van der Waals surface area contributed by atoms with Gasteiger partial charge < -0.3 is 5.32 Å². The summed E-state index contributed by atoms with van der Waals surface area (Å²) in [4.78, 5) is 12.4. The third-order valence-corrected chi connectivity index (χ3v) is 2.31. The zero-order valence-corrected chi connectivity index (χ0v) is 9.55. The lowest BCUT2D eigenvalue weighted by molar-refractivity contribution is 0.774. The first-order valence-corrected chi connectivity index (χ1v) is 5.11. The van der Waals surface area contributed by atoms with E-state index < -0.39 is 0 Å². The van der Waals surface area contributed by atoms with Gasteiger partial charge in [0.05, 0.1) is 0 Å². The van der Waals surface area contributed by atoms with Gasteiger partial charge >= 0.3 is 0 Å². The molecular weight excluding hydrogens is 204 g/mol. The zero-order chi connectivity index (χ0) is 11.5. The van der Waals surface area contributed by atoms with Crippen LogP contribution >= 0.6 is 0 Å². The van der Waals surface area contributed by atoms with Crippen molar-refractivity contribution in [1.29, 1.82) is 0 Å². The minimum atomic E-state index is 0.308. The van der Waals surface area contributed by atoms with Crippen LogP contribution in [0.1, 0.15) is 25.3 Å². The molecule has 84 valence electrons. The second-order valence-corrected chi connectivity index (χ2v) is 3.70. The van der Waals surface area contributed by atoms with E-state index in [9.17, 15) is 0 Å². The van der Waals surface area contributed by atoms with Crippen molar-refractivity contribution in [1.82, 2.24) is 24.7 Å². The van der Waals surface area contributed by atoms with Gasteiger partial charge in [0.25, 0.3) is 0 Å². The summed E-state index contributed by atoms with van der Waals surface area (Å²) in [6, 6.07) is 0. The fraction of sp³-hybridized carbons (Fsp3) is 0.400. The third kappa shape index (κ3) is 1.73. The molecular formula is C10H14N6. The molecule has 6 nitrogen and oxygen atoms in total. The molecule has 0 unspecified atom stereocenters. The summed E-state index contributed by atoms with van der Waals surface area (Å²) in [5.74, 6) is 1.91. The Kier molecular flexibility index (Phi) is 2.80. The summed E-state index contributed by atoms with van der Waals surface area (Å²) in [5.41, 5.74) is 1.04. The van der Waals surface area contributed by atoms with Gasteiger partial charge in [-0.05, 0) is 5.92 Å². The van der Waals surface area contributed by atoms with Crippen LogP contribution in [0.15, 0.2) is 19.0 Å². The molecule has 0 fully saturated rings. The van der Waals surface area contributed by atoms with Gasteiger partial charge in [0.2, 0.25) is 0 Å². The molecule has 2 aromatic rings. The minimum Gasteiger partial charge on any atom is -0.373 e. The number of hydrogen-bond donors (Lipinski definition) is 1. The predicted molar refractivity (Wildman–Crippen MR) is 60.6 cm³/mol. The lowest BCUT2D eigenvalue weighted by Gasteiger charge is -2.14. The Balaban J connectivity index is 2.61. The first-order chi connectivity index (χ1) is 7.74. The van der Waals surface area contributed by atoms with Gasteiger partial charge in [0, 0.05) is 12.6 Å². The van der Waals surface area contributed by atoms with E-state index >= 15 is 0 Å². The van der Waals surface area contributed by atoms with Gasteiger partial charge in [-0.15, -0.1) is 0 Å². The molecule has 0 saturated heterocycles. The van der Waals surface area contributed by atoms with Crippen molar-refractivity contribution in [2.75, 3.05) is 12.4 Å². The number of hydrogen-bond acceptors (Lipinski definition) is 5. The number of anilines is 1. The number of nitrogens with one attached hydrogen (secondary N) is 1. The van der Waals surface area contributed by atoms with Crippen molar-refractivity contribution < 1.29 is 0 Å². The van der Waals surface area contributed by atoms with Crippen LogP contribution in [0.4, 0.5) is 5.82 Å². The highest BCUT2D eigenvalue weighted by molar-refractivity contribution is 5.52. The van der Waals surface area contributed by atoms with Crippen LogP contribution in [0.5, 0.6) is 0 Å². The summed E-state index contributed by atoms with van der Waals surface area (Å²) in [6.45, 7) is 4.19. The summed E-state index contributed by atoms with van der Waals surface area (Å²) < 4.78 is 1.65. The molecule has 0 amide bonds. The largest absolute Gasteiger partial charge is 0.373 e. The number of rotatable bonds is 3. The van der Waals surface area contributed by atoms with Crippen molar-refractivity contribution >= 4 is 5.82 Å². The van der Waals surface area contributed by atoms with E-state index in [0.29, 0.717) is 5.92 Å². The van der Waals surface area contributed by atoms with Gasteiger partial charge in [0.15, 0.2) is 5.82 Å². The fourth-order valence-corrected chi connectivity index (χ4v) is 1.62. The highest BCUT2D eigenvalue weighted by atomic mass is 15.3. The molecule has 2 rings (SSSR count). The van der Waals surface area contributed by atoms with Crippen LogP contribution in [-0.2, 0) is 0 Å². The Labute approximate surface area is 93.8 Å². The maximum absolute atomic E-state index is 4.26. The molecule has 0 aliphatic rings. The molecule has 1 N–H and O–H groups in total. The zero-order valence-electron chi connectivity index (χ0n) is 9.55. The van der Waals surface area contributed by atoms with Gasteiger partial charge in [-0.2, -0.15) is 5.10 Å². The molecule has 6 heteroatoms. The summed E-state index contributed by atoms with van der Waals surface area (Å²) in [5, 5.41) is 7.16. The SMILES string of the molecule is CNc1ncnc(-n2cncn2)c1C(C)C. The first-order valence-electron chi connectivity index (χ1n) is 5.11. The molecule has 0 bridgehead atoms. The van der Waals surface area contributed by atoms with Crippen molar-refractivity contribution in [3.05, 3.63) is 24.5 Å². The number of aromatic nitrogens is 5. The Morgan fingerprint density at radius 1 is 1.25 bits per heavy atom. The molecule has 0 atom stereocenters. The molecule has 2 heterocycles. The van der Waals surface area contributed by atoms with E-state index in [0.717, 1.165) is 17.2 Å². The maximum Gasteiger partial charge on any atom is 0.164 e. The van der Waals surface area contributed by atoms with Crippen LogP contribution in [0.3, 0.4) is 0 Å². The second kappa shape index (κ2) is 4.26. The van der Waals surface area contributed by atoms with Crippen molar-refractivity contribution in [3.8, 4) is 5.82 Å². The summed E-state index contributed by atoms with van der Waals surface area (Å²) in [7, 11) is 1.85. The fourth-order valence-electron chi connectivity index (χ4n) is 1.62. The molecule has 0 aliphatic heterocycles. The third-order valence-electron chi connectivity index (χ3n) is 2.31. The van der Waals surface area contributed by atoms with Crippen LogP contribution < -0.4 is 5.32 Å². The van der Waals surface area contributed by atoms with Crippen LogP contribution in [-0.4, -0.2) is 31.8 Å². The smallest absolute Gasteiger partial charge is 0.164 e. The lowest BCUT2D eigenvalue weighted by Crippen LogP contribution is -2.09. The molecule has 16 heavy (non-hydrogen) atoms. The highest BCUT2D eigenvalue weighted by Gasteiger charge is 2.15. The average molecular weight is 218 g/mol. The normalized spacial score (nSPS) is 10.8. The lowest BCUT2D eigenvalue weighted by atomic mass is 10.0. The van der Waals surface area contributed by atoms with E-state index in [2.05, 4.69) is 39.2 Å². The Morgan fingerprint density at radius 3 is 2.62 bits per heavy atom. The van der Waals surface area contributed by atoms with Crippen molar-refractivity contribution in [2.45, 2.75) is 19.8 Å². The highest BCUT2D eigenvalue weighted by Crippen LogP contribution is 2.26. The van der Waals surface area contributed by atoms with Crippen LogP contribution in [0.2, 0.25) is 0 Å². The first kappa shape index (κ1) is 10.5. The van der Waals surface area contributed by atoms with Gasteiger partial charge in [-0.3, -0.25) is 0 Å². The quantitative estimate of drug-likeness (QED) is 0.839. The minimum absolute atomic E-state index is 0.308. The number of nitrogens with zero attached hydrogens (tertiary/aromatic N) is 5. The Hall–Kier alpha value is -1.98. The Bertz CT molecular complexity index is 462. The van der Waals surface area contributed by atoms with Crippen molar-refractivity contribution in [2.24, 2.45) is 0 Å². The summed E-state index contributed by atoms with van der Waals surface area (Å²) >= 11 is 0. The molecule has 0 aromatic carbocycles. The van der Waals surface area contributed by atoms with Gasteiger partial charge in [-0.1, -0.05) is 13.8 Å². The van der Waals surface area contributed by atoms with E-state index in [1.807, 2.05) is 7.05 Å². The molecule has 2 aromatic heterocycles. The average Bonchev–Trinajstić information content (AvgIpc) is 2.81. The van der Waals surface area contributed by atoms with Crippen LogP contribution in [0, 0.1) is 0 Å². The standard InChI is InChI=1S/C10H14N6/c1-7(2)8-9(11-3)13-5-14-10(8)16-6-12-4-15-16/h4-7H,1-3H3,(H,11,13,14). The topological polar surface area (TPSA) is 68.5 Å². The molecule has 0 spiro atoms. The van der Waals surface area contributed by atoms with Gasteiger partial charge in [-0.25, -0.2) is 19.6 Å². The van der Waals surface area contributed by atoms with E-state index in [1.165, 1.54) is 12.7 Å². The summed E-state index contributed by atoms with van der Waals surface area (Å²) in [6.07, 6.45) is 4.65. The molecule has 0 aliphatic carbocycles. The van der Waals surface area contributed by atoms with E-state index in [-0.39, 0.29) is 0 Å². The van der Waals surface area contributed by atoms with E-state index in [4.69, 9.17) is 0 Å².